The number of hydrogen-bond donors (Lipinski definition) is 4. The molecule has 4 rings (SSSR count). The lowest BCUT2D eigenvalue weighted by Gasteiger charge is -2.21. The van der Waals surface area contributed by atoms with E-state index >= 15 is 0 Å². The Bertz CT molecular complexity index is 1260. The van der Waals surface area contributed by atoms with Gasteiger partial charge >= 0.3 is 6.03 Å². The topological polar surface area (TPSA) is 122 Å². The molecule has 10 heteroatoms. The van der Waals surface area contributed by atoms with Gasteiger partial charge in [-0.2, -0.15) is 5.26 Å². The molecule has 3 amide bonds. The molecular formula is C25H22ClN7O2. The number of carbonyl (C=O) groups is 2. The minimum atomic E-state index is -0.930. The zero-order valence-electron chi connectivity index (χ0n) is 18.5. The van der Waals surface area contributed by atoms with E-state index in [0.717, 1.165) is 5.69 Å². The third-order valence-corrected chi connectivity index (χ3v) is 5.48. The van der Waals surface area contributed by atoms with Crippen molar-refractivity contribution in [1.29, 1.82) is 5.26 Å². The molecule has 0 fully saturated rings. The fourth-order valence-corrected chi connectivity index (χ4v) is 3.70. The lowest BCUT2D eigenvalue weighted by atomic mass is 10.1. The SMILES string of the molecule is N#CNC1=NCCN1c1ccc(NC(=O)C(NC(=O)Nc2ccc(Cl)cc2)c2ccccc2)cc1. The van der Waals surface area contributed by atoms with E-state index in [9.17, 15) is 9.59 Å². The van der Waals surface area contributed by atoms with Gasteiger partial charge in [-0.3, -0.25) is 15.1 Å². The first-order valence-electron chi connectivity index (χ1n) is 10.8. The molecule has 0 saturated carbocycles. The largest absolute Gasteiger partial charge is 0.324 e. The Balaban J connectivity index is 1.45. The maximum Gasteiger partial charge on any atom is 0.320 e. The molecule has 3 aromatic rings. The molecule has 1 atom stereocenters. The van der Waals surface area contributed by atoms with E-state index in [1.54, 1.807) is 60.7 Å². The fraction of sp³-hybridized carbons (Fsp3) is 0.120. The number of guanidine groups is 1. The number of benzene rings is 3. The lowest BCUT2D eigenvalue weighted by molar-refractivity contribution is -0.118. The number of urea groups is 1. The van der Waals surface area contributed by atoms with Gasteiger partial charge in [-0.05, 0) is 54.1 Å². The second kappa shape index (κ2) is 11.0. The summed E-state index contributed by atoms with van der Waals surface area (Å²) in [7, 11) is 0. The summed E-state index contributed by atoms with van der Waals surface area (Å²) in [4.78, 5) is 31.9. The predicted molar refractivity (Wildman–Crippen MR) is 136 cm³/mol. The Kier molecular flexibility index (Phi) is 7.45. The average Bonchev–Trinajstić information content (AvgIpc) is 3.33. The smallest absolute Gasteiger partial charge is 0.320 e. The van der Waals surface area contributed by atoms with Crippen LogP contribution in [0, 0.1) is 11.5 Å². The number of hydrogen-bond acceptors (Lipinski definition) is 6. The van der Waals surface area contributed by atoms with Crippen molar-refractivity contribution in [1.82, 2.24) is 10.6 Å². The molecule has 35 heavy (non-hydrogen) atoms. The molecule has 1 unspecified atom stereocenters. The van der Waals surface area contributed by atoms with E-state index in [2.05, 4.69) is 26.3 Å². The highest BCUT2D eigenvalue weighted by Crippen LogP contribution is 2.22. The van der Waals surface area contributed by atoms with E-state index in [-0.39, 0.29) is 0 Å². The summed E-state index contributed by atoms with van der Waals surface area (Å²) < 4.78 is 0. The van der Waals surface area contributed by atoms with Crippen molar-refractivity contribution in [3.05, 3.63) is 89.4 Å². The van der Waals surface area contributed by atoms with Gasteiger partial charge < -0.3 is 20.9 Å². The van der Waals surface area contributed by atoms with Crippen LogP contribution in [0.2, 0.25) is 5.02 Å². The van der Waals surface area contributed by atoms with Crippen LogP contribution in [0.1, 0.15) is 11.6 Å². The molecule has 0 saturated heterocycles. The molecule has 1 heterocycles. The summed E-state index contributed by atoms with van der Waals surface area (Å²) in [6.07, 6.45) is 1.88. The van der Waals surface area contributed by atoms with Gasteiger partial charge in [0.1, 0.15) is 6.04 Å². The van der Waals surface area contributed by atoms with Crippen molar-refractivity contribution in [3.63, 3.8) is 0 Å². The van der Waals surface area contributed by atoms with Crippen LogP contribution in [0.15, 0.2) is 83.9 Å². The first kappa shape index (κ1) is 23.6. The summed E-state index contributed by atoms with van der Waals surface area (Å²) in [5.74, 6) is 0.0918. The Morgan fingerprint density at radius 3 is 2.29 bits per heavy atom. The molecule has 3 aromatic carbocycles. The van der Waals surface area contributed by atoms with Crippen molar-refractivity contribution in [2.45, 2.75) is 6.04 Å². The molecule has 176 valence electrons. The van der Waals surface area contributed by atoms with Crippen molar-refractivity contribution in [2.24, 2.45) is 4.99 Å². The molecule has 0 radical (unpaired) electrons. The standard InChI is InChI=1S/C25H22ClN7O2/c26-18-6-8-20(9-7-18)31-25(35)32-22(17-4-2-1-3-5-17)23(34)30-19-10-12-21(13-11-19)33-15-14-28-24(33)29-16-27/h1-13,22H,14-15H2,(H,28,29)(H,30,34)(H2,31,32,35). The van der Waals surface area contributed by atoms with E-state index in [4.69, 9.17) is 16.9 Å². The van der Waals surface area contributed by atoms with Gasteiger partial charge in [0.2, 0.25) is 5.96 Å². The summed E-state index contributed by atoms with van der Waals surface area (Å²) >= 11 is 5.89. The van der Waals surface area contributed by atoms with Crippen LogP contribution < -0.4 is 26.2 Å². The van der Waals surface area contributed by atoms with E-state index in [1.807, 2.05) is 29.3 Å². The van der Waals surface area contributed by atoms with Crippen LogP contribution in [0.25, 0.3) is 0 Å². The molecular weight excluding hydrogens is 466 g/mol. The zero-order valence-corrected chi connectivity index (χ0v) is 19.3. The van der Waals surface area contributed by atoms with Crippen molar-refractivity contribution < 1.29 is 9.59 Å². The number of anilines is 3. The fourth-order valence-electron chi connectivity index (χ4n) is 3.57. The van der Waals surface area contributed by atoms with Gasteiger partial charge in [-0.1, -0.05) is 41.9 Å². The number of amides is 3. The number of nitrogens with zero attached hydrogens (tertiary/aromatic N) is 3. The number of carbonyl (C=O) groups excluding carboxylic acids is 2. The van der Waals surface area contributed by atoms with Crippen LogP contribution in [0.4, 0.5) is 21.9 Å². The molecule has 4 N–H and O–H groups in total. The monoisotopic (exact) mass is 487 g/mol. The average molecular weight is 488 g/mol. The Morgan fingerprint density at radius 2 is 1.60 bits per heavy atom. The lowest BCUT2D eigenvalue weighted by Crippen LogP contribution is -2.39. The second-order valence-corrected chi connectivity index (χ2v) is 8.02. The number of aliphatic imine (C=N–C) groups is 1. The normalized spacial score (nSPS) is 13.3. The molecule has 0 bridgehead atoms. The van der Waals surface area contributed by atoms with E-state index in [1.165, 1.54) is 0 Å². The minimum Gasteiger partial charge on any atom is -0.324 e. The minimum absolute atomic E-state index is 0.398. The molecule has 0 spiro atoms. The van der Waals surface area contributed by atoms with Crippen molar-refractivity contribution in [3.8, 4) is 6.19 Å². The number of rotatable bonds is 6. The van der Waals surface area contributed by atoms with E-state index in [0.29, 0.717) is 41.0 Å². The van der Waals surface area contributed by atoms with Crippen LogP contribution in [0.5, 0.6) is 0 Å². The Morgan fingerprint density at radius 1 is 0.943 bits per heavy atom. The first-order chi connectivity index (χ1) is 17.0. The maximum atomic E-state index is 13.2. The number of nitrogens with one attached hydrogen (secondary N) is 4. The molecule has 0 aliphatic carbocycles. The van der Waals surface area contributed by atoms with Crippen molar-refractivity contribution >= 4 is 46.6 Å². The highest BCUT2D eigenvalue weighted by atomic mass is 35.5. The summed E-state index contributed by atoms with van der Waals surface area (Å²) in [6, 6.07) is 21.3. The highest BCUT2D eigenvalue weighted by molar-refractivity contribution is 6.30. The summed E-state index contributed by atoms with van der Waals surface area (Å²) in [5.41, 5.74) is 2.58. The van der Waals surface area contributed by atoms with Gasteiger partial charge in [0.25, 0.3) is 5.91 Å². The van der Waals surface area contributed by atoms with Crippen LogP contribution in [-0.2, 0) is 4.79 Å². The maximum absolute atomic E-state index is 13.2. The first-order valence-corrected chi connectivity index (χ1v) is 11.2. The molecule has 1 aliphatic heterocycles. The summed E-state index contributed by atoms with van der Waals surface area (Å²) in [5, 5.41) is 20.3. The summed E-state index contributed by atoms with van der Waals surface area (Å²) in [6.45, 7) is 1.24. The number of halogens is 1. The van der Waals surface area contributed by atoms with Gasteiger partial charge in [0.05, 0.1) is 6.54 Å². The second-order valence-electron chi connectivity index (χ2n) is 7.58. The van der Waals surface area contributed by atoms with Crippen molar-refractivity contribution in [2.75, 3.05) is 28.6 Å². The highest BCUT2D eigenvalue weighted by Gasteiger charge is 2.23. The third-order valence-electron chi connectivity index (χ3n) is 5.23. The molecule has 9 nitrogen and oxygen atoms in total. The van der Waals surface area contributed by atoms with Gasteiger partial charge in [-0.15, -0.1) is 0 Å². The Labute approximate surface area is 207 Å². The van der Waals surface area contributed by atoms with Gasteiger partial charge in [0, 0.05) is 28.6 Å². The van der Waals surface area contributed by atoms with Gasteiger partial charge in [0.15, 0.2) is 6.19 Å². The quantitative estimate of drug-likeness (QED) is 0.308. The van der Waals surface area contributed by atoms with Crippen LogP contribution in [-0.4, -0.2) is 31.0 Å². The van der Waals surface area contributed by atoms with E-state index < -0.39 is 18.0 Å². The molecule has 1 aliphatic rings. The van der Waals surface area contributed by atoms with Gasteiger partial charge in [-0.25, -0.2) is 4.79 Å². The predicted octanol–water partition coefficient (Wildman–Crippen LogP) is 4.09. The Hall–Kier alpha value is -4.55. The zero-order chi connectivity index (χ0) is 24.6. The van der Waals surface area contributed by atoms with Crippen LogP contribution in [0.3, 0.4) is 0 Å². The molecule has 0 aromatic heterocycles. The third kappa shape index (κ3) is 6.07. The number of nitriles is 1. The van der Waals surface area contributed by atoms with Crippen LogP contribution >= 0.6 is 11.6 Å².